The maximum absolute atomic E-state index is 12.2. The fourth-order valence-electron chi connectivity index (χ4n) is 2.69. The van der Waals surface area contributed by atoms with Crippen molar-refractivity contribution < 1.29 is 19.5 Å². The van der Waals surface area contributed by atoms with Gasteiger partial charge in [-0.2, -0.15) is 0 Å². The topological polar surface area (TPSA) is 106 Å². The van der Waals surface area contributed by atoms with E-state index in [-0.39, 0.29) is 30.7 Å². The molecule has 9 heteroatoms. The number of anilines is 1. The molecule has 1 aliphatic heterocycles. The summed E-state index contributed by atoms with van der Waals surface area (Å²) in [5, 5.41) is 12.0. The smallest absolute Gasteiger partial charge is 0.319 e. The molecule has 1 saturated heterocycles. The molecule has 0 saturated carbocycles. The number of carbonyl (C=O) groups excluding carboxylic acids is 2. The minimum atomic E-state index is -0.967. The number of aliphatic carboxylic acids is 1. The molecule has 0 unspecified atom stereocenters. The zero-order chi connectivity index (χ0) is 18.6. The molecule has 0 spiro atoms. The van der Waals surface area contributed by atoms with Crippen molar-refractivity contribution in [3.8, 4) is 0 Å². The van der Waals surface area contributed by atoms with Gasteiger partial charge >= 0.3 is 12.0 Å². The third kappa shape index (κ3) is 4.37. The van der Waals surface area contributed by atoms with Crippen LogP contribution in [0.4, 0.5) is 10.6 Å². The van der Waals surface area contributed by atoms with Gasteiger partial charge in [-0.15, -0.1) is 0 Å². The minimum absolute atomic E-state index is 0.137. The Kier molecular flexibility index (Phi) is 5.79. The lowest BCUT2D eigenvalue weighted by atomic mass is 10.1. The van der Waals surface area contributed by atoms with Crippen molar-refractivity contribution in [2.45, 2.75) is 0 Å². The van der Waals surface area contributed by atoms with Crippen LogP contribution in [0.1, 0.15) is 10.5 Å². The van der Waals surface area contributed by atoms with Gasteiger partial charge in [-0.05, 0) is 12.1 Å². The van der Waals surface area contributed by atoms with E-state index in [1.807, 2.05) is 0 Å². The first kappa shape index (κ1) is 18.5. The molecule has 9 nitrogen and oxygen atoms in total. The molecule has 0 radical (unpaired) electrons. The normalized spacial score (nSPS) is 17.6. The van der Waals surface area contributed by atoms with E-state index in [0.717, 1.165) is 0 Å². The van der Waals surface area contributed by atoms with Gasteiger partial charge in [0.2, 0.25) is 0 Å². The van der Waals surface area contributed by atoms with Gasteiger partial charge in [-0.3, -0.25) is 9.59 Å². The molecular formula is C16H23N5O4. The largest absolute Gasteiger partial charge is 0.481 e. The van der Waals surface area contributed by atoms with E-state index in [1.165, 1.54) is 16.8 Å². The van der Waals surface area contributed by atoms with Crippen molar-refractivity contribution in [1.82, 2.24) is 20.1 Å². The molecule has 1 atom stereocenters. The molecule has 2 rings (SSSR count). The van der Waals surface area contributed by atoms with Crippen LogP contribution in [-0.4, -0.2) is 85.1 Å². The van der Waals surface area contributed by atoms with Crippen molar-refractivity contribution in [2.24, 2.45) is 5.92 Å². The second-order valence-corrected chi connectivity index (χ2v) is 6.06. The average Bonchev–Trinajstić information content (AvgIpc) is 2.83. The molecule has 0 aromatic carbocycles. The highest BCUT2D eigenvalue weighted by Gasteiger charge is 2.31. The Morgan fingerprint density at radius 1 is 1.24 bits per heavy atom. The van der Waals surface area contributed by atoms with E-state index in [0.29, 0.717) is 18.9 Å². The lowest BCUT2D eigenvalue weighted by Crippen LogP contribution is -2.43. The van der Waals surface area contributed by atoms with Crippen LogP contribution in [0.3, 0.4) is 0 Å². The van der Waals surface area contributed by atoms with E-state index < -0.39 is 11.9 Å². The molecule has 1 fully saturated rings. The summed E-state index contributed by atoms with van der Waals surface area (Å²) in [5.74, 6) is -1.50. The Balaban J connectivity index is 2.26. The Hall–Kier alpha value is -2.84. The fraction of sp³-hybridized carbons (Fsp3) is 0.500. The number of hydrogen-bond acceptors (Lipinski definition) is 5. The van der Waals surface area contributed by atoms with Crippen LogP contribution in [0.25, 0.3) is 0 Å². The summed E-state index contributed by atoms with van der Waals surface area (Å²) in [6.45, 7) is 1.18. The molecule has 0 aliphatic carbocycles. The molecule has 1 aromatic heterocycles. The molecule has 0 bridgehead atoms. The van der Waals surface area contributed by atoms with Gasteiger partial charge in [-0.25, -0.2) is 9.78 Å². The molecule has 136 valence electrons. The molecule has 2 N–H and O–H groups in total. The quantitative estimate of drug-likeness (QED) is 0.792. The molecule has 3 amide bonds. The zero-order valence-electron chi connectivity index (χ0n) is 14.6. The fourth-order valence-corrected chi connectivity index (χ4v) is 2.69. The monoisotopic (exact) mass is 349 g/mol. The first-order valence-electron chi connectivity index (χ1n) is 7.96. The number of nitrogens with one attached hydrogen (secondary N) is 1. The first-order valence-corrected chi connectivity index (χ1v) is 7.96. The van der Waals surface area contributed by atoms with Crippen molar-refractivity contribution in [3.63, 3.8) is 0 Å². The van der Waals surface area contributed by atoms with Crippen LogP contribution < -0.4 is 10.2 Å². The van der Waals surface area contributed by atoms with Gasteiger partial charge in [0.15, 0.2) is 0 Å². The third-order valence-corrected chi connectivity index (χ3v) is 4.04. The van der Waals surface area contributed by atoms with Crippen molar-refractivity contribution in [2.75, 3.05) is 52.2 Å². The van der Waals surface area contributed by atoms with Crippen LogP contribution in [0, 0.1) is 5.92 Å². The number of nitrogens with zero attached hydrogens (tertiary/aromatic N) is 4. The lowest BCUT2D eigenvalue weighted by Gasteiger charge is -2.25. The molecular weight excluding hydrogens is 326 g/mol. The van der Waals surface area contributed by atoms with E-state index in [9.17, 15) is 19.5 Å². The van der Waals surface area contributed by atoms with Gasteiger partial charge in [0.25, 0.3) is 5.91 Å². The molecule has 25 heavy (non-hydrogen) atoms. The zero-order valence-corrected chi connectivity index (χ0v) is 14.6. The summed E-state index contributed by atoms with van der Waals surface area (Å²) in [6, 6.07) is 4.81. The predicted molar refractivity (Wildman–Crippen MR) is 91.6 cm³/mol. The summed E-state index contributed by atoms with van der Waals surface area (Å²) in [5.41, 5.74) is 0.261. The highest BCUT2D eigenvalue weighted by molar-refractivity contribution is 5.92. The second-order valence-electron chi connectivity index (χ2n) is 6.06. The number of pyridine rings is 1. The van der Waals surface area contributed by atoms with Crippen LogP contribution in [-0.2, 0) is 4.79 Å². The van der Waals surface area contributed by atoms with Crippen molar-refractivity contribution in [3.05, 3.63) is 23.9 Å². The average molecular weight is 349 g/mol. The summed E-state index contributed by atoms with van der Waals surface area (Å²) in [6.07, 6.45) is 0. The molecule has 1 aliphatic rings. The van der Waals surface area contributed by atoms with Gasteiger partial charge in [-0.1, -0.05) is 6.07 Å². The maximum atomic E-state index is 12.2. The van der Waals surface area contributed by atoms with Crippen LogP contribution in [0.2, 0.25) is 0 Å². The standard InChI is InChI=1S/C16H23N5O4/c1-17-14(22)12-5-4-6-13(18-12)20-7-8-21(16(25)19(2)3)10-11(9-20)15(23)24/h4-6,11H,7-10H2,1-3H3,(H,17,22)(H,23,24)/t11-/m1/s1. The Labute approximate surface area is 146 Å². The van der Waals surface area contributed by atoms with E-state index in [4.69, 9.17) is 0 Å². The first-order chi connectivity index (χ1) is 11.8. The summed E-state index contributed by atoms with van der Waals surface area (Å²) >= 11 is 0. The number of rotatable bonds is 3. The van der Waals surface area contributed by atoms with Crippen molar-refractivity contribution >= 4 is 23.7 Å². The van der Waals surface area contributed by atoms with Gasteiger partial charge in [0.1, 0.15) is 11.5 Å². The number of amides is 3. The highest BCUT2D eigenvalue weighted by Crippen LogP contribution is 2.18. The van der Waals surface area contributed by atoms with Crippen molar-refractivity contribution in [1.29, 1.82) is 0 Å². The second kappa shape index (κ2) is 7.82. The van der Waals surface area contributed by atoms with E-state index in [2.05, 4.69) is 10.3 Å². The van der Waals surface area contributed by atoms with Gasteiger partial charge < -0.3 is 25.1 Å². The SMILES string of the molecule is CNC(=O)c1cccc(N2CCN(C(=O)N(C)C)C[C@H](C(=O)O)C2)n1. The number of urea groups is 1. The minimum Gasteiger partial charge on any atom is -0.481 e. The lowest BCUT2D eigenvalue weighted by molar-refractivity contribution is -0.141. The van der Waals surface area contributed by atoms with Crippen LogP contribution >= 0.6 is 0 Å². The number of carbonyl (C=O) groups is 3. The summed E-state index contributed by atoms with van der Waals surface area (Å²) in [4.78, 5) is 44.6. The Morgan fingerprint density at radius 3 is 2.56 bits per heavy atom. The van der Waals surface area contributed by atoms with Gasteiger partial charge in [0, 0.05) is 47.3 Å². The summed E-state index contributed by atoms with van der Waals surface area (Å²) < 4.78 is 0. The number of carboxylic acids is 1. The van der Waals surface area contributed by atoms with Gasteiger partial charge in [0.05, 0.1) is 5.92 Å². The van der Waals surface area contributed by atoms with Crippen LogP contribution in [0.5, 0.6) is 0 Å². The molecule has 1 aromatic rings. The molecule has 2 heterocycles. The Morgan fingerprint density at radius 2 is 1.96 bits per heavy atom. The third-order valence-electron chi connectivity index (χ3n) is 4.04. The Bertz CT molecular complexity index is 664. The summed E-state index contributed by atoms with van der Waals surface area (Å²) in [7, 11) is 4.79. The van der Waals surface area contributed by atoms with E-state index >= 15 is 0 Å². The van der Waals surface area contributed by atoms with E-state index in [1.54, 1.807) is 37.2 Å². The number of hydrogen-bond donors (Lipinski definition) is 2. The van der Waals surface area contributed by atoms with Crippen LogP contribution in [0.15, 0.2) is 18.2 Å². The maximum Gasteiger partial charge on any atom is 0.319 e. The number of carboxylic acid groups (broad SMARTS) is 1. The predicted octanol–water partition coefficient (Wildman–Crippen LogP) is -0.0544. The number of aromatic nitrogens is 1. The highest BCUT2D eigenvalue weighted by atomic mass is 16.4.